The van der Waals surface area contributed by atoms with Gasteiger partial charge in [-0.05, 0) is 30.7 Å². The molecule has 6 atom stereocenters. The van der Waals surface area contributed by atoms with Crippen molar-refractivity contribution >= 4 is 16.8 Å². The highest BCUT2D eigenvalue weighted by Crippen LogP contribution is 2.26. The summed E-state index contributed by atoms with van der Waals surface area (Å²) in [4.78, 5) is 0. The number of benzene rings is 1. The van der Waals surface area contributed by atoms with E-state index in [2.05, 4.69) is 0 Å². The molecule has 0 radical (unpaired) electrons. The van der Waals surface area contributed by atoms with Gasteiger partial charge in [0.05, 0.1) is 11.9 Å². The molecule has 2 unspecified atom stereocenters. The molecular weight excluding hydrogens is 314 g/mol. The van der Waals surface area contributed by atoms with Gasteiger partial charge in [-0.15, -0.1) is 0 Å². The molecule has 124 valence electrons. The third-order valence-corrected chi connectivity index (χ3v) is 3.96. The molecule has 0 spiro atoms. The summed E-state index contributed by atoms with van der Waals surface area (Å²) in [6, 6.07) is 6.34. The lowest BCUT2D eigenvalue weighted by Gasteiger charge is -2.40. The predicted octanol–water partition coefficient (Wildman–Crippen LogP) is -0.933. The zero-order valence-electron chi connectivity index (χ0n) is 11.6. The summed E-state index contributed by atoms with van der Waals surface area (Å²) in [5.74, 6) is 0.241. The quantitative estimate of drug-likeness (QED) is 0.343. The highest BCUT2D eigenvalue weighted by Gasteiger charge is 2.44. The number of ether oxygens (including phenoxy) is 2. The van der Waals surface area contributed by atoms with Crippen molar-refractivity contribution in [3.05, 3.63) is 24.3 Å². The fraction of sp³-hybridized carbons (Fsp3) is 0.538. The van der Waals surface area contributed by atoms with E-state index in [9.17, 15) is 19.5 Å². The minimum atomic E-state index is -2.04. The average molecular weight is 333 g/mol. The number of nitrogen functional groups attached to an aromatic ring is 1. The molecule has 1 aromatic rings. The van der Waals surface area contributed by atoms with Gasteiger partial charge < -0.3 is 35.1 Å². The van der Waals surface area contributed by atoms with Crippen LogP contribution in [0, 0.1) is 0 Å². The number of aliphatic hydroxyl groups is 3. The van der Waals surface area contributed by atoms with Gasteiger partial charge in [-0.1, -0.05) is 0 Å². The van der Waals surface area contributed by atoms with Gasteiger partial charge in [0.2, 0.25) is 6.29 Å². The van der Waals surface area contributed by atoms with Crippen LogP contribution in [-0.4, -0.2) is 60.5 Å². The molecule has 1 heterocycles. The molecule has 0 amide bonds. The lowest BCUT2D eigenvalue weighted by atomic mass is 9.97. The molecule has 22 heavy (non-hydrogen) atoms. The number of hydrogen-bond donors (Lipinski definition) is 5. The molecule has 0 bridgehead atoms. The molecular formula is C13H19NO7S. The van der Waals surface area contributed by atoms with E-state index in [1.54, 1.807) is 24.3 Å². The van der Waals surface area contributed by atoms with Crippen molar-refractivity contribution in [3.8, 4) is 5.75 Å². The van der Waals surface area contributed by atoms with Crippen molar-refractivity contribution in [1.29, 1.82) is 0 Å². The Kier molecular flexibility index (Phi) is 5.73. The first-order chi connectivity index (χ1) is 10.4. The topological polar surface area (TPSA) is 142 Å². The number of aliphatic hydroxyl groups excluding tert-OH is 3. The minimum absolute atomic E-state index is 0.0374. The standard InChI is InChI=1S/C13H19NO7S/c14-7-1-3-8(4-2-7)20-13-12(17)11(16)10(15)9(21-13)5-6-22(18)19/h1-4,9-13,15-17H,5-6,14H2,(H,18,19)/t9-,10-,11+,12+,13?/m1/s1. The fourth-order valence-electron chi connectivity index (χ4n) is 2.15. The highest BCUT2D eigenvalue weighted by molar-refractivity contribution is 7.79. The van der Waals surface area contributed by atoms with Crippen LogP contribution in [0.3, 0.4) is 0 Å². The van der Waals surface area contributed by atoms with Crippen molar-refractivity contribution in [1.82, 2.24) is 0 Å². The van der Waals surface area contributed by atoms with Gasteiger partial charge in [0, 0.05) is 5.69 Å². The number of anilines is 1. The zero-order chi connectivity index (χ0) is 16.3. The Morgan fingerprint density at radius 1 is 1.14 bits per heavy atom. The van der Waals surface area contributed by atoms with Crippen LogP contribution in [0.25, 0.3) is 0 Å². The minimum Gasteiger partial charge on any atom is -0.462 e. The second kappa shape index (κ2) is 7.36. The van der Waals surface area contributed by atoms with E-state index in [-0.39, 0.29) is 12.2 Å². The Morgan fingerprint density at radius 2 is 1.77 bits per heavy atom. The highest BCUT2D eigenvalue weighted by atomic mass is 32.2. The lowest BCUT2D eigenvalue weighted by Crippen LogP contribution is -2.59. The largest absolute Gasteiger partial charge is 0.462 e. The van der Waals surface area contributed by atoms with E-state index in [0.717, 1.165) is 0 Å². The van der Waals surface area contributed by atoms with E-state index >= 15 is 0 Å². The Balaban J connectivity index is 2.05. The smallest absolute Gasteiger partial charge is 0.229 e. The monoisotopic (exact) mass is 333 g/mol. The number of nitrogens with two attached hydrogens (primary N) is 1. The Morgan fingerprint density at radius 3 is 2.36 bits per heavy atom. The molecule has 2 rings (SSSR count). The Labute approximate surface area is 129 Å². The van der Waals surface area contributed by atoms with Gasteiger partial charge >= 0.3 is 0 Å². The summed E-state index contributed by atoms with van der Waals surface area (Å²) in [7, 11) is 0. The Hall–Kier alpha value is -1.23. The molecule has 0 aliphatic carbocycles. The fourth-order valence-corrected chi connectivity index (χ4v) is 2.58. The van der Waals surface area contributed by atoms with Crippen molar-refractivity contribution in [2.75, 3.05) is 11.5 Å². The van der Waals surface area contributed by atoms with Crippen LogP contribution >= 0.6 is 0 Å². The zero-order valence-corrected chi connectivity index (χ0v) is 12.4. The molecule has 8 nitrogen and oxygen atoms in total. The molecule has 1 saturated heterocycles. The van der Waals surface area contributed by atoms with Crippen LogP contribution in [0.4, 0.5) is 5.69 Å². The van der Waals surface area contributed by atoms with Crippen LogP contribution in [-0.2, 0) is 15.8 Å². The first-order valence-electron chi connectivity index (χ1n) is 6.68. The summed E-state index contributed by atoms with van der Waals surface area (Å²) < 4.78 is 30.4. The SMILES string of the molecule is Nc1ccc(OC2O[C@H](CCS(=O)O)[C@@H](O)[C@H](O)[C@@H]2O)cc1. The molecule has 0 saturated carbocycles. The van der Waals surface area contributed by atoms with Crippen molar-refractivity contribution in [2.45, 2.75) is 37.1 Å². The third kappa shape index (κ3) is 4.15. The molecule has 1 fully saturated rings. The summed E-state index contributed by atoms with van der Waals surface area (Å²) in [6.45, 7) is 0. The van der Waals surface area contributed by atoms with Gasteiger partial charge in [0.25, 0.3) is 0 Å². The normalized spacial score (nSPS) is 33.4. The number of rotatable bonds is 5. The van der Waals surface area contributed by atoms with Gasteiger partial charge in [-0.2, -0.15) is 0 Å². The molecule has 6 N–H and O–H groups in total. The maximum atomic E-state index is 10.7. The summed E-state index contributed by atoms with van der Waals surface area (Å²) >= 11 is -2.04. The average Bonchev–Trinajstić information content (AvgIpc) is 2.48. The van der Waals surface area contributed by atoms with Gasteiger partial charge in [0.1, 0.15) is 24.1 Å². The van der Waals surface area contributed by atoms with Crippen molar-refractivity contribution < 1.29 is 33.6 Å². The molecule has 0 aromatic heterocycles. The van der Waals surface area contributed by atoms with Gasteiger partial charge in [-0.3, -0.25) is 0 Å². The first kappa shape index (κ1) is 17.1. The van der Waals surface area contributed by atoms with Crippen molar-refractivity contribution in [3.63, 3.8) is 0 Å². The summed E-state index contributed by atoms with van der Waals surface area (Å²) in [5.41, 5.74) is 6.09. The molecule has 1 aliphatic heterocycles. The first-order valence-corrected chi connectivity index (χ1v) is 7.95. The van der Waals surface area contributed by atoms with Crippen LogP contribution < -0.4 is 10.5 Å². The molecule has 1 aliphatic rings. The van der Waals surface area contributed by atoms with Gasteiger partial charge in [0.15, 0.2) is 11.1 Å². The maximum absolute atomic E-state index is 10.7. The Bertz CT molecular complexity index is 512. The van der Waals surface area contributed by atoms with Crippen LogP contribution in [0.15, 0.2) is 24.3 Å². The van der Waals surface area contributed by atoms with E-state index in [4.69, 9.17) is 19.8 Å². The van der Waals surface area contributed by atoms with E-state index in [1.165, 1.54) is 0 Å². The maximum Gasteiger partial charge on any atom is 0.229 e. The third-order valence-electron chi connectivity index (χ3n) is 3.38. The van der Waals surface area contributed by atoms with E-state index < -0.39 is 41.8 Å². The van der Waals surface area contributed by atoms with E-state index in [1.807, 2.05) is 0 Å². The second-order valence-corrected chi connectivity index (χ2v) is 6.07. The predicted molar refractivity (Wildman–Crippen MR) is 78.4 cm³/mol. The van der Waals surface area contributed by atoms with Crippen LogP contribution in [0.5, 0.6) is 5.75 Å². The number of hydrogen-bond acceptors (Lipinski definition) is 7. The lowest BCUT2D eigenvalue weighted by molar-refractivity contribution is -0.272. The van der Waals surface area contributed by atoms with Gasteiger partial charge in [-0.25, -0.2) is 4.21 Å². The second-order valence-electron chi connectivity index (χ2n) is 5.02. The van der Waals surface area contributed by atoms with Crippen LogP contribution in [0.2, 0.25) is 0 Å². The summed E-state index contributed by atoms with van der Waals surface area (Å²) in [6.07, 6.45) is -6.40. The summed E-state index contributed by atoms with van der Waals surface area (Å²) in [5, 5.41) is 29.6. The molecule has 9 heteroatoms. The van der Waals surface area contributed by atoms with Crippen LogP contribution in [0.1, 0.15) is 6.42 Å². The van der Waals surface area contributed by atoms with Crippen molar-refractivity contribution in [2.24, 2.45) is 0 Å². The van der Waals surface area contributed by atoms with E-state index in [0.29, 0.717) is 11.4 Å². The molecule has 1 aromatic carbocycles.